The minimum atomic E-state index is -0.425. The van der Waals surface area contributed by atoms with E-state index >= 15 is 0 Å². The van der Waals surface area contributed by atoms with Gasteiger partial charge in [-0.1, -0.05) is 35.3 Å². The average molecular weight is 383 g/mol. The Bertz CT molecular complexity index is 749. The van der Waals surface area contributed by atoms with Crippen LogP contribution in [0.25, 0.3) is 0 Å². The molecule has 2 heterocycles. The number of thiophene rings is 1. The summed E-state index contributed by atoms with van der Waals surface area (Å²) >= 11 is 13.4. The van der Waals surface area contributed by atoms with Crippen LogP contribution in [-0.4, -0.2) is 29.3 Å². The third-order valence-corrected chi connectivity index (χ3v) is 5.46. The molecule has 3 rings (SSSR count). The van der Waals surface area contributed by atoms with E-state index in [1.165, 1.54) is 11.3 Å². The van der Waals surface area contributed by atoms with Crippen molar-refractivity contribution in [3.8, 4) is 0 Å². The van der Waals surface area contributed by atoms with Crippen LogP contribution in [0.5, 0.6) is 0 Å². The van der Waals surface area contributed by atoms with Crippen LogP contribution in [0.15, 0.2) is 35.7 Å². The quantitative estimate of drug-likeness (QED) is 0.869. The van der Waals surface area contributed by atoms with E-state index in [4.69, 9.17) is 23.2 Å². The van der Waals surface area contributed by atoms with Gasteiger partial charge in [-0.15, -0.1) is 11.3 Å². The van der Waals surface area contributed by atoms with Gasteiger partial charge in [0.1, 0.15) is 6.04 Å². The number of carbonyl (C=O) groups excluding carboxylic acids is 2. The highest BCUT2D eigenvalue weighted by atomic mass is 35.5. The summed E-state index contributed by atoms with van der Waals surface area (Å²) in [4.78, 5) is 27.3. The molecule has 126 valence electrons. The molecular weight excluding hydrogens is 367 g/mol. The molecule has 0 unspecified atom stereocenters. The van der Waals surface area contributed by atoms with E-state index in [0.29, 0.717) is 34.4 Å². The monoisotopic (exact) mass is 382 g/mol. The van der Waals surface area contributed by atoms with E-state index in [-0.39, 0.29) is 11.8 Å². The number of nitrogens with one attached hydrogen (secondary N) is 1. The highest BCUT2D eigenvalue weighted by Gasteiger charge is 2.34. The fourth-order valence-corrected chi connectivity index (χ4v) is 3.94. The summed E-state index contributed by atoms with van der Waals surface area (Å²) in [5, 5.41) is 5.81. The molecule has 0 aliphatic carbocycles. The normalized spacial score (nSPS) is 17.1. The number of benzene rings is 1. The first kappa shape index (κ1) is 17.3. The van der Waals surface area contributed by atoms with Gasteiger partial charge in [-0.2, -0.15) is 0 Å². The molecule has 1 saturated heterocycles. The van der Waals surface area contributed by atoms with Crippen molar-refractivity contribution in [3.63, 3.8) is 0 Å². The van der Waals surface area contributed by atoms with Crippen LogP contribution in [0.2, 0.25) is 10.0 Å². The SMILES string of the molecule is O=C(NCc1ccc(Cl)cc1Cl)[C@@H]1CCCN1C(=O)c1cccs1. The van der Waals surface area contributed by atoms with Gasteiger partial charge in [-0.05, 0) is 42.0 Å². The zero-order valence-corrected chi connectivity index (χ0v) is 15.1. The number of nitrogens with zero attached hydrogens (tertiary/aromatic N) is 1. The van der Waals surface area contributed by atoms with Gasteiger partial charge in [-0.25, -0.2) is 0 Å². The van der Waals surface area contributed by atoms with E-state index < -0.39 is 6.04 Å². The van der Waals surface area contributed by atoms with Crippen molar-refractivity contribution in [3.05, 3.63) is 56.2 Å². The fourth-order valence-electron chi connectivity index (χ4n) is 2.79. The topological polar surface area (TPSA) is 49.4 Å². The van der Waals surface area contributed by atoms with Gasteiger partial charge in [0.2, 0.25) is 5.91 Å². The van der Waals surface area contributed by atoms with E-state index in [1.807, 2.05) is 11.4 Å². The standard InChI is InChI=1S/C17H16Cl2N2O2S/c18-12-6-5-11(13(19)9-12)10-20-16(22)14-3-1-7-21(14)17(23)15-4-2-8-24-15/h2,4-6,8-9,14H,1,3,7,10H2,(H,20,22)/t14-/m0/s1. The average Bonchev–Trinajstić information content (AvgIpc) is 3.24. The predicted molar refractivity (Wildman–Crippen MR) is 96.7 cm³/mol. The Balaban J connectivity index is 1.64. The molecule has 4 nitrogen and oxygen atoms in total. The van der Waals surface area contributed by atoms with Gasteiger partial charge >= 0.3 is 0 Å². The fraction of sp³-hybridized carbons (Fsp3) is 0.294. The maximum atomic E-state index is 12.5. The summed E-state index contributed by atoms with van der Waals surface area (Å²) in [5.74, 6) is -0.226. The van der Waals surface area contributed by atoms with Gasteiger partial charge in [0, 0.05) is 23.1 Å². The lowest BCUT2D eigenvalue weighted by Crippen LogP contribution is -2.45. The molecule has 24 heavy (non-hydrogen) atoms. The van der Waals surface area contributed by atoms with Crippen LogP contribution in [0.1, 0.15) is 28.1 Å². The van der Waals surface area contributed by atoms with Crippen LogP contribution in [0.4, 0.5) is 0 Å². The lowest BCUT2D eigenvalue weighted by atomic mass is 10.2. The van der Waals surface area contributed by atoms with Crippen molar-refractivity contribution < 1.29 is 9.59 Å². The van der Waals surface area contributed by atoms with E-state index in [0.717, 1.165) is 12.0 Å². The summed E-state index contributed by atoms with van der Waals surface area (Å²) in [5.41, 5.74) is 0.795. The van der Waals surface area contributed by atoms with Gasteiger partial charge in [0.05, 0.1) is 4.88 Å². The van der Waals surface area contributed by atoms with Crippen molar-refractivity contribution in [2.75, 3.05) is 6.54 Å². The number of amides is 2. The zero-order valence-electron chi connectivity index (χ0n) is 12.8. The Morgan fingerprint density at radius 2 is 2.12 bits per heavy atom. The largest absolute Gasteiger partial charge is 0.350 e. The predicted octanol–water partition coefficient (Wildman–Crippen LogP) is 3.98. The van der Waals surface area contributed by atoms with Gasteiger partial charge in [-0.3, -0.25) is 9.59 Å². The lowest BCUT2D eigenvalue weighted by molar-refractivity contribution is -0.125. The Labute approximate surface area is 154 Å². The van der Waals surface area contributed by atoms with Crippen molar-refractivity contribution in [1.82, 2.24) is 10.2 Å². The Hall–Kier alpha value is -1.56. The summed E-state index contributed by atoms with van der Waals surface area (Å²) < 4.78 is 0. The highest BCUT2D eigenvalue weighted by molar-refractivity contribution is 7.12. The third-order valence-electron chi connectivity index (χ3n) is 4.02. The molecule has 1 fully saturated rings. The molecule has 1 aromatic carbocycles. The molecule has 0 saturated carbocycles. The Morgan fingerprint density at radius 1 is 1.29 bits per heavy atom. The first-order chi connectivity index (χ1) is 11.6. The molecule has 1 N–H and O–H groups in total. The molecule has 0 spiro atoms. The second kappa shape index (κ2) is 7.55. The van der Waals surface area contributed by atoms with E-state index in [2.05, 4.69) is 5.32 Å². The lowest BCUT2D eigenvalue weighted by Gasteiger charge is -2.23. The second-order valence-electron chi connectivity index (χ2n) is 5.59. The molecule has 1 aromatic heterocycles. The first-order valence-corrected chi connectivity index (χ1v) is 9.26. The summed E-state index contributed by atoms with van der Waals surface area (Å²) in [6, 6.07) is 8.36. The zero-order chi connectivity index (χ0) is 17.1. The van der Waals surface area contributed by atoms with Crippen molar-refractivity contribution in [1.29, 1.82) is 0 Å². The second-order valence-corrected chi connectivity index (χ2v) is 7.38. The van der Waals surface area contributed by atoms with Crippen LogP contribution >= 0.6 is 34.5 Å². The summed E-state index contributed by atoms with van der Waals surface area (Å²) in [6.45, 7) is 0.920. The van der Waals surface area contributed by atoms with Crippen LogP contribution in [-0.2, 0) is 11.3 Å². The molecule has 2 aromatic rings. The molecule has 0 bridgehead atoms. The minimum Gasteiger partial charge on any atom is -0.350 e. The molecule has 1 aliphatic heterocycles. The Morgan fingerprint density at radius 3 is 2.83 bits per heavy atom. The number of hydrogen-bond acceptors (Lipinski definition) is 3. The number of rotatable bonds is 4. The van der Waals surface area contributed by atoms with Gasteiger partial charge < -0.3 is 10.2 Å². The Kier molecular flexibility index (Phi) is 5.43. The molecule has 7 heteroatoms. The molecule has 2 amide bonds. The van der Waals surface area contributed by atoms with Crippen LogP contribution in [0.3, 0.4) is 0 Å². The van der Waals surface area contributed by atoms with Gasteiger partial charge in [0.25, 0.3) is 5.91 Å². The summed E-state index contributed by atoms with van der Waals surface area (Å²) in [6.07, 6.45) is 1.51. The minimum absolute atomic E-state index is 0.0767. The van der Waals surface area contributed by atoms with E-state index in [1.54, 1.807) is 29.2 Å². The molecule has 0 radical (unpaired) electrons. The maximum absolute atomic E-state index is 12.5. The van der Waals surface area contributed by atoms with E-state index in [9.17, 15) is 9.59 Å². The van der Waals surface area contributed by atoms with Crippen LogP contribution < -0.4 is 5.32 Å². The van der Waals surface area contributed by atoms with Crippen molar-refractivity contribution in [2.24, 2.45) is 0 Å². The highest BCUT2D eigenvalue weighted by Crippen LogP contribution is 2.23. The van der Waals surface area contributed by atoms with Crippen LogP contribution in [0, 0.1) is 0 Å². The van der Waals surface area contributed by atoms with Crippen molar-refractivity contribution >= 4 is 46.4 Å². The maximum Gasteiger partial charge on any atom is 0.264 e. The number of halogens is 2. The molecule has 1 atom stereocenters. The van der Waals surface area contributed by atoms with Gasteiger partial charge in [0.15, 0.2) is 0 Å². The number of carbonyl (C=O) groups is 2. The molecular formula is C17H16Cl2N2O2S. The first-order valence-electron chi connectivity index (χ1n) is 7.62. The third kappa shape index (κ3) is 3.74. The van der Waals surface area contributed by atoms with Crippen molar-refractivity contribution in [2.45, 2.75) is 25.4 Å². The molecule has 1 aliphatic rings. The summed E-state index contributed by atoms with van der Waals surface area (Å²) in [7, 11) is 0. The smallest absolute Gasteiger partial charge is 0.264 e. The number of hydrogen-bond donors (Lipinski definition) is 1. The number of likely N-dealkylation sites (tertiary alicyclic amines) is 1.